The molecular formula is C16H25BrO. The average Bonchev–Trinajstić information content (AvgIpc) is 2.36. The first-order valence-electron chi connectivity index (χ1n) is 7.09. The maximum Gasteiger partial charge on any atom is 0.0801 e. The molecule has 0 heterocycles. The first-order chi connectivity index (χ1) is 8.65. The Labute approximate surface area is 120 Å². The lowest BCUT2D eigenvalue weighted by Gasteiger charge is -2.13. The molecule has 0 spiro atoms. The fourth-order valence-electron chi connectivity index (χ4n) is 2.19. The highest BCUT2D eigenvalue weighted by molar-refractivity contribution is 9.10. The molecule has 18 heavy (non-hydrogen) atoms. The van der Waals surface area contributed by atoms with Crippen molar-refractivity contribution >= 4 is 15.9 Å². The van der Waals surface area contributed by atoms with Gasteiger partial charge in [0.15, 0.2) is 0 Å². The molecule has 2 heteroatoms. The Kier molecular flexibility index (Phi) is 7.60. The lowest BCUT2D eigenvalue weighted by molar-refractivity contribution is 0.162. The lowest BCUT2D eigenvalue weighted by atomic mass is 10.0. The zero-order valence-electron chi connectivity index (χ0n) is 11.6. The number of aliphatic hydroxyl groups excluding tert-OH is 1. The van der Waals surface area contributed by atoms with Gasteiger partial charge in [-0.2, -0.15) is 0 Å². The summed E-state index contributed by atoms with van der Waals surface area (Å²) in [5.41, 5.74) is 2.23. The summed E-state index contributed by atoms with van der Waals surface area (Å²) in [6.45, 7) is 4.30. The van der Waals surface area contributed by atoms with Crippen molar-refractivity contribution in [3.63, 3.8) is 0 Å². The summed E-state index contributed by atoms with van der Waals surface area (Å²) in [5.74, 6) is 0. The minimum Gasteiger partial charge on any atom is -0.388 e. The Morgan fingerprint density at radius 3 is 2.50 bits per heavy atom. The van der Waals surface area contributed by atoms with Gasteiger partial charge in [0, 0.05) is 4.47 Å². The van der Waals surface area contributed by atoms with Crippen molar-refractivity contribution in [3.05, 3.63) is 33.8 Å². The van der Waals surface area contributed by atoms with E-state index in [0.717, 1.165) is 22.9 Å². The number of aryl methyl sites for hydroxylation is 1. The van der Waals surface area contributed by atoms with Crippen molar-refractivity contribution < 1.29 is 5.11 Å². The third-order valence-corrected chi connectivity index (χ3v) is 4.06. The van der Waals surface area contributed by atoms with Crippen LogP contribution in [0.1, 0.15) is 69.1 Å². The number of benzene rings is 1. The largest absolute Gasteiger partial charge is 0.388 e. The number of unbranched alkanes of at least 4 members (excludes halogenated alkanes) is 5. The summed E-state index contributed by atoms with van der Waals surface area (Å²) in [5, 5.41) is 10.2. The number of hydrogen-bond acceptors (Lipinski definition) is 1. The van der Waals surface area contributed by atoms with Crippen LogP contribution in [-0.2, 0) is 0 Å². The molecule has 1 aromatic rings. The topological polar surface area (TPSA) is 20.2 Å². The molecule has 0 bridgehead atoms. The average molecular weight is 313 g/mol. The van der Waals surface area contributed by atoms with Crippen LogP contribution in [0.25, 0.3) is 0 Å². The van der Waals surface area contributed by atoms with Crippen molar-refractivity contribution in [3.8, 4) is 0 Å². The van der Waals surface area contributed by atoms with Gasteiger partial charge in [0.05, 0.1) is 6.10 Å². The van der Waals surface area contributed by atoms with E-state index in [2.05, 4.69) is 41.9 Å². The maximum absolute atomic E-state index is 10.2. The monoisotopic (exact) mass is 312 g/mol. The molecule has 0 amide bonds. The van der Waals surface area contributed by atoms with Crippen LogP contribution in [0.4, 0.5) is 0 Å². The Hall–Kier alpha value is -0.340. The van der Waals surface area contributed by atoms with Crippen LogP contribution in [0.3, 0.4) is 0 Å². The first kappa shape index (κ1) is 15.7. The molecule has 0 aliphatic heterocycles. The summed E-state index contributed by atoms with van der Waals surface area (Å²) in [6, 6.07) is 6.16. The molecular weight excluding hydrogens is 288 g/mol. The molecule has 1 unspecified atom stereocenters. The molecule has 0 aliphatic carbocycles. The molecule has 1 atom stereocenters. The van der Waals surface area contributed by atoms with Gasteiger partial charge in [0.25, 0.3) is 0 Å². The van der Waals surface area contributed by atoms with Gasteiger partial charge in [-0.25, -0.2) is 0 Å². The second kappa shape index (κ2) is 8.71. The van der Waals surface area contributed by atoms with Crippen molar-refractivity contribution in [1.29, 1.82) is 0 Å². The highest BCUT2D eigenvalue weighted by Gasteiger charge is 2.10. The van der Waals surface area contributed by atoms with Gasteiger partial charge >= 0.3 is 0 Å². The number of halogens is 1. The summed E-state index contributed by atoms with van der Waals surface area (Å²) >= 11 is 3.51. The van der Waals surface area contributed by atoms with Crippen molar-refractivity contribution in [1.82, 2.24) is 0 Å². The van der Waals surface area contributed by atoms with Crippen LogP contribution >= 0.6 is 15.9 Å². The molecule has 1 aromatic carbocycles. The quantitative estimate of drug-likeness (QED) is 0.625. The molecule has 102 valence electrons. The SMILES string of the molecule is CCCCCCCCC(O)c1cc(C)ccc1Br. The molecule has 0 saturated carbocycles. The lowest BCUT2D eigenvalue weighted by Crippen LogP contribution is -1.99. The van der Waals surface area contributed by atoms with E-state index < -0.39 is 0 Å². The van der Waals surface area contributed by atoms with Gasteiger partial charge in [-0.3, -0.25) is 0 Å². The van der Waals surface area contributed by atoms with Crippen LogP contribution in [0.2, 0.25) is 0 Å². The van der Waals surface area contributed by atoms with E-state index in [-0.39, 0.29) is 6.10 Å². The van der Waals surface area contributed by atoms with Crippen LogP contribution in [0, 0.1) is 6.92 Å². The minimum atomic E-state index is -0.328. The third-order valence-electron chi connectivity index (χ3n) is 3.34. The number of hydrogen-bond donors (Lipinski definition) is 1. The van der Waals surface area contributed by atoms with Gasteiger partial charge in [0.1, 0.15) is 0 Å². The Balaban J connectivity index is 2.31. The summed E-state index contributed by atoms with van der Waals surface area (Å²) in [7, 11) is 0. The van der Waals surface area contributed by atoms with Crippen molar-refractivity contribution in [2.24, 2.45) is 0 Å². The molecule has 1 nitrogen and oxygen atoms in total. The van der Waals surface area contributed by atoms with Crippen LogP contribution < -0.4 is 0 Å². The Morgan fingerprint density at radius 2 is 1.78 bits per heavy atom. The van der Waals surface area contributed by atoms with E-state index in [9.17, 15) is 5.11 Å². The summed E-state index contributed by atoms with van der Waals surface area (Å²) in [6.07, 6.45) is 8.16. The highest BCUT2D eigenvalue weighted by atomic mass is 79.9. The van der Waals surface area contributed by atoms with E-state index >= 15 is 0 Å². The summed E-state index contributed by atoms with van der Waals surface area (Å²) < 4.78 is 1.02. The second-order valence-corrected chi connectivity index (χ2v) is 5.95. The molecule has 0 aliphatic rings. The van der Waals surface area contributed by atoms with E-state index in [4.69, 9.17) is 0 Å². The van der Waals surface area contributed by atoms with E-state index in [1.54, 1.807) is 0 Å². The minimum absolute atomic E-state index is 0.328. The van der Waals surface area contributed by atoms with Gasteiger partial charge < -0.3 is 5.11 Å². The smallest absolute Gasteiger partial charge is 0.0801 e. The van der Waals surface area contributed by atoms with Gasteiger partial charge in [-0.15, -0.1) is 0 Å². The molecule has 0 saturated heterocycles. The molecule has 0 fully saturated rings. The zero-order chi connectivity index (χ0) is 13.4. The number of aliphatic hydroxyl groups is 1. The van der Waals surface area contributed by atoms with Gasteiger partial charge in [-0.1, -0.05) is 79.1 Å². The third kappa shape index (κ3) is 5.53. The predicted octanol–water partition coefficient (Wildman–Crippen LogP) is 5.54. The number of rotatable bonds is 8. The predicted molar refractivity (Wildman–Crippen MR) is 81.8 cm³/mol. The Morgan fingerprint density at radius 1 is 1.11 bits per heavy atom. The summed E-state index contributed by atoms with van der Waals surface area (Å²) in [4.78, 5) is 0. The fourth-order valence-corrected chi connectivity index (χ4v) is 2.70. The maximum atomic E-state index is 10.2. The van der Waals surface area contributed by atoms with E-state index in [0.29, 0.717) is 0 Å². The fraction of sp³-hybridized carbons (Fsp3) is 0.625. The first-order valence-corrected chi connectivity index (χ1v) is 7.88. The van der Waals surface area contributed by atoms with Crippen molar-refractivity contribution in [2.45, 2.75) is 64.9 Å². The molecule has 0 radical (unpaired) electrons. The van der Waals surface area contributed by atoms with Gasteiger partial charge in [-0.05, 0) is 25.0 Å². The molecule has 1 rings (SSSR count). The van der Waals surface area contributed by atoms with Crippen LogP contribution in [-0.4, -0.2) is 5.11 Å². The standard InChI is InChI=1S/C16H25BrO/c1-3-4-5-6-7-8-9-16(18)14-12-13(2)10-11-15(14)17/h10-12,16,18H,3-9H2,1-2H3. The highest BCUT2D eigenvalue weighted by Crippen LogP contribution is 2.28. The van der Waals surface area contributed by atoms with Gasteiger partial charge in [0.2, 0.25) is 0 Å². The van der Waals surface area contributed by atoms with Crippen molar-refractivity contribution in [2.75, 3.05) is 0 Å². The zero-order valence-corrected chi connectivity index (χ0v) is 13.2. The molecule has 0 aromatic heterocycles. The second-order valence-electron chi connectivity index (χ2n) is 5.10. The van der Waals surface area contributed by atoms with E-state index in [1.807, 2.05) is 6.07 Å². The van der Waals surface area contributed by atoms with Crippen LogP contribution in [0.15, 0.2) is 22.7 Å². The Bertz CT molecular complexity index is 349. The normalized spacial score (nSPS) is 12.7. The molecule has 1 N–H and O–H groups in total. The van der Waals surface area contributed by atoms with Crippen LogP contribution in [0.5, 0.6) is 0 Å². The van der Waals surface area contributed by atoms with E-state index in [1.165, 1.54) is 37.7 Å².